The number of fused-ring (bicyclic) bond motifs is 1. The molecule has 2 saturated heterocycles. The van der Waals surface area contributed by atoms with E-state index >= 15 is 0 Å². The number of amides is 1. The van der Waals surface area contributed by atoms with E-state index in [4.69, 9.17) is 17.2 Å². The van der Waals surface area contributed by atoms with Crippen molar-refractivity contribution in [1.82, 2.24) is 14.3 Å². The number of carbonyl (C=O) groups excluding carboxylic acids is 1. The first-order chi connectivity index (χ1) is 19.8. The molecule has 3 aromatic rings. The molecule has 0 radical (unpaired) electrons. The molecule has 1 atom stereocenters. The minimum Gasteiger partial charge on any atom is -0.366 e. The Labute approximate surface area is 250 Å². The van der Waals surface area contributed by atoms with E-state index in [-0.39, 0.29) is 17.3 Å². The second-order valence-corrected chi connectivity index (χ2v) is 12.3. The molecule has 2 aliphatic rings. The molecule has 10 heteroatoms. The third kappa shape index (κ3) is 6.04. The average molecular weight is 594 g/mol. The summed E-state index contributed by atoms with van der Waals surface area (Å²) in [5.41, 5.74) is 2.17. The van der Waals surface area contributed by atoms with Crippen LogP contribution in [0.3, 0.4) is 0 Å². The number of benzene rings is 1. The molecule has 1 unspecified atom stereocenters. The molecule has 1 aromatic carbocycles. The number of halogens is 1. The van der Waals surface area contributed by atoms with E-state index in [0.717, 1.165) is 31.2 Å². The van der Waals surface area contributed by atoms with Crippen molar-refractivity contribution in [2.45, 2.75) is 46.5 Å². The van der Waals surface area contributed by atoms with E-state index in [1.165, 1.54) is 17.8 Å². The van der Waals surface area contributed by atoms with Gasteiger partial charge in [-0.3, -0.25) is 18.9 Å². The molecule has 1 amide bonds. The molecule has 5 rings (SSSR count). The predicted molar refractivity (Wildman–Crippen MR) is 170 cm³/mol. The molecule has 0 spiro atoms. The second-order valence-electron chi connectivity index (χ2n) is 10.7. The topological polar surface area (TPSA) is 61.2 Å². The van der Waals surface area contributed by atoms with Crippen molar-refractivity contribution in [1.29, 1.82) is 0 Å². The van der Waals surface area contributed by atoms with Gasteiger partial charge in [-0.25, -0.2) is 9.37 Å². The second kappa shape index (κ2) is 12.7. The Morgan fingerprint density at radius 1 is 1.07 bits per heavy atom. The van der Waals surface area contributed by atoms with Crippen LogP contribution in [0, 0.1) is 18.7 Å². The van der Waals surface area contributed by atoms with Crippen LogP contribution in [-0.4, -0.2) is 57.2 Å². The summed E-state index contributed by atoms with van der Waals surface area (Å²) in [6, 6.07) is 10.5. The quantitative estimate of drug-likeness (QED) is 0.227. The summed E-state index contributed by atoms with van der Waals surface area (Å²) in [6.45, 7) is 9.11. The smallest absolute Gasteiger partial charge is 0.267 e. The maximum Gasteiger partial charge on any atom is 0.267 e. The van der Waals surface area contributed by atoms with Gasteiger partial charge in [-0.1, -0.05) is 75.3 Å². The zero-order valence-corrected chi connectivity index (χ0v) is 25.4. The normalized spacial score (nSPS) is 17.8. The number of thiocarbonyl (C=S) groups is 1. The van der Waals surface area contributed by atoms with Crippen LogP contribution in [0.25, 0.3) is 11.7 Å². The number of carbonyl (C=O) groups is 1. The summed E-state index contributed by atoms with van der Waals surface area (Å²) < 4.78 is 16.5. The molecular weight excluding hydrogens is 558 g/mol. The fourth-order valence-electron chi connectivity index (χ4n) is 5.50. The van der Waals surface area contributed by atoms with Crippen LogP contribution in [-0.2, 0) is 4.79 Å². The van der Waals surface area contributed by atoms with E-state index in [2.05, 4.69) is 18.7 Å². The summed E-state index contributed by atoms with van der Waals surface area (Å²) in [5, 5.41) is 0. The lowest BCUT2D eigenvalue weighted by Gasteiger charge is -2.37. The third-order valence-corrected chi connectivity index (χ3v) is 9.35. The van der Waals surface area contributed by atoms with Gasteiger partial charge < -0.3 is 9.80 Å². The van der Waals surface area contributed by atoms with E-state index in [1.54, 1.807) is 33.7 Å². The van der Waals surface area contributed by atoms with Crippen molar-refractivity contribution in [2.24, 2.45) is 5.92 Å². The molecule has 4 heterocycles. The van der Waals surface area contributed by atoms with Crippen LogP contribution in [0.2, 0.25) is 0 Å². The van der Waals surface area contributed by atoms with E-state index in [0.29, 0.717) is 70.6 Å². The van der Waals surface area contributed by atoms with Gasteiger partial charge in [0.25, 0.3) is 11.5 Å². The lowest BCUT2D eigenvalue weighted by molar-refractivity contribution is -0.122. The van der Waals surface area contributed by atoms with Crippen LogP contribution in [0.15, 0.2) is 52.3 Å². The van der Waals surface area contributed by atoms with Crippen molar-refractivity contribution in [2.75, 3.05) is 42.5 Å². The van der Waals surface area contributed by atoms with Crippen LogP contribution in [0.1, 0.15) is 50.7 Å². The number of unbranched alkanes of at least 4 members (excludes halogenated alkanes) is 1. The van der Waals surface area contributed by atoms with Crippen LogP contribution in [0.4, 0.5) is 15.9 Å². The number of para-hydroxylation sites is 1. The fourth-order valence-corrected chi connectivity index (χ4v) is 6.76. The van der Waals surface area contributed by atoms with E-state index in [9.17, 15) is 14.0 Å². The lowest BCUT2D eigenvalue weighted by atomic mass is 9.99. The van der Waals surface area contributed by atoms with Crippen molar-refractivity contribution in [3.63, 3.8) is 0 Å². The maximum atomic E-state index is 14.5. The Hall–Kier alpha value is -3.24. The first-order valence-electron chi connectivity index (χ1n) is 14.3. The summed E-state index contributed by atoms with van der Waals surface area (Å²) in [7, 11) is 0. The molecule has 0 N–H and O–H groups in total. The molecule has 2 aromatic heterocycles. The van der Waals surface area contributed by atoms with Gasteiger partial charge in [-0.2, -0.15) is 0 Å². The zero-order valence-electron chi connectivity index (χ0n) is 23.8. The highest BCUT2D eigenvalue weighted by Crippen LogP contribution is 2.35. The fraction of sp³-hybridized carbons (Fsp3) is 0.419. The number of rotatable bonds is 9. The molecule has 2 aliphatic heterocycles. The molecule has 7 nitrogen and oxygen atoms in total. The van der Waals surface area contributed by atoms with Gasteiger partial charge in [0.15, 0.2) is 0 Å². The van der Waals surface area contributed by atoms with E-state index < -0.39 is 0 Å². The molecule has 41 heavy (non-hydrogen) atoms. The number of piperazine rings is 1. The maximum absolute atomic E-state index is 14.5. The van der Waals surface area contributed by atoms with Crippen molar-refractivity contribution >= 4 is 57.4 Å². The monoisotopic (exact) mass is 593 g/mol. The largest absolute Gasteiger partial charge is 0.366 e. The zero-order chi connectivity index (χ0) is 29.1. The molecule has 216 valence electrons. The number of anilines is 2. The number of pyridine rings is 1. The lowest BCUT2D eigenvalue weighted by Crippen LogP contribution is -2.47. The summed E-state index contributed by atoms with van der Waals surface area (Å²) in [6.07, 6.45) is 7.66. The molecule has 0 saturated carbocycles. The highest BCUT2D eigenvalue weighted by Gasteiger charge is 2.34. The number of hydrogen-bond acceptors (Lipinski definition) is 7. The number of nitrogens with zero attached hydrogens (tertiary/aromatic N) is 5. The van der Waals surface area contributed by atoms with Crippen molar-refractivity contribution < 1.29 is 9.18 Å². The average Bonchev–Trinajstić information content (AvgIpc) is 3.24. The van der Waals surface area contributed by atoms with Crippen LogP contribution >= 0.6 is 24.0 Å². The molecule has 0 aliphatic carbocycles. The number of aromatic nitrogens is 2. The Balaban J connectivity index is 1.48. The van der Waals surface area contributed by atoms with Gasteiger partial charge in [0.05, 0.1) is 16.2 Å². The molecular formula is C31H36FN5O2S2. The van der Waals surface area contributed by atoms with Crippen molar-refractivity contribution in [3.05, 3.63) is 74.8 Å². The Kier molecular flexibility index (Phi) is 9.09. The molecule has 0 bridgehead atoms. The van der Waals surface area contributed by atoms with E-state index in [1.807, 2.05) is 30.0 Å². The summed E-state index contributed by atoms with van der Waals surface area (Å²) >= 11 is 6.88. The van der Waals surface area contributed by atoms with Gasteiger partial charge in [-0.05, 0) is 49.1 Å². The number of aryl methyl sites for hydroxylation is 1. The molecule has 2 fully saturated rings. The number of thioether (sulfide) groups is 1. The standard InChI is InChI=1S/C31H36FN5O2S2/c1-4-6-11-22(5-2)20-37-30(39)26(41-31(37)40)19-23-28(33-27-21(3)10-9-14-36(27)29(23)38)35-17-15-34(16-18-35)25-13-8-7-12-24(25)32/h7-10,12-14,19,22H,4-6,11,15-18,20H2,1-3H3/b26-19+. The Bertz CT molecular complexity index is 1550. The SMILES string of the molecule is CCCCC(CC)CN1C(=O)/C(=C\c2c(N3CCN(c4ccccc4F)CC3)nc3c(C)cccn3c2=O)SC1=S. The predicted octanol–water partition coefficient (Wildman–Crippen LogP) is 5.89. The Morgan fingerprint density at radius 3 is 2.51 bits per heavy atom. The Morgan fingerprint density at radius 2 is 1.80 bits per heavy atom. The van der Waals surface area contributed by atoms with Crippen LogP contribution < -0.4 is 15.4 Å². The van der Waals surface area contributed by atoms with Gasteiger partial charge in [0, 0.05) is 38.9 Å². The van der Waals surface area contributed by atoms with Crippen LogP contribution in [0.5, 0.6) is 0 Å². The van der Waals surface area contributed by atoms with Crippen molar-refractivity contribution in [3.8, 4) is 0 Å². The summed E-state index contributed by atoms with van der Waals surface area (Å²) in [5.74, 6) is 0.520. The van der Waals surface area contributed by atoms with Gasteiger partial charge in [-0.15, -0.1) is 0 Å². The highest BCUT2D eigenvalue weighted by molar-refractivity contribution is 8.26. The minimum absolute atomic E-state index is 0.154. The van der Waals surface area contributed by atoms with Gasteiger partial charge in [0.1, 0.15) is 21.6 Å². The first-order valence-corrected chi connectivity index (χ1v) is 15.6. The highest BCUT2D eigenvalue weighted by atomic mass is 32.2. The number of hydrogen-bond donors (Lipinski definition) is 0. The first kappa shape index (κ1) is 29.3. The van der Waals surface area contributed by atoms with Gasteiger partial charge >= 0.3 is 0 Å². The van der Waals surface area contributed by atoms with Gasteiger partial charge in [0.2, 0.25) is 0 Å². The minimum atomic E-state index is -0.249. The summed E-state index contributed by atoms with van der Waals surface area (Å²) in [4.78, 5) is 38.6. The third-order valence-electron chi connectivity index (χ3n) is 7.97.